The number of piperidine rings is 2. The molecule has 2 unspecified atom stereocenters. The molecule has 1 amide bonds. The fourth-order valence-electron chi connectivity index (χ4n) is 6.15. The Balaban J connectivity index is 1.25. The first-order valence-corrected chi connectivity index (χ1v) is 14.4. The van der Waals surface area contributed by atoms with Crippen LogP contribution >= 0.6 is 0 Å². The van der Waals surface area contributed by atoms with E-state index in [2.05, 4.69) is 38.9 Å². The monoisotopic (exact) mass is 584 g/mol. The standard InChI is InChI=1S/C31H36N8O4/c1-5-13-38-28(40)24-15-32-29(35-27(24)39(38)26-8-6-7-25(34-26)31(2,3)42)33-22-9-11-23(12-10-22)36-16-20-14-21(17-36)19-37(18-20)30(41)43-4/h5-12,15,20-21,42H,1,13-14,16-19H2,2-4H3,(H,32,33,35). The number of nitrogens with zero attached hydrogens (tertiary/aromatic N) is 7. The summed E-state index contributed by atoms with van der Waals surface area (Å²) in [6, 6.07) is 13.4. The number of aliphatic hydroxyl groups is 1. The van der Waals surface area contributed by atoms with Crippen LogP contribution in [0.1, 0.15) is 26.0 Å². The third kappa shape index (κ3) is 5.57. The number of likely N-dealkylation sites (tertiary alicyclic amines) is 1. The molecule has 0 radical (unpaired) electrons. The van der Waals surface area contributed by atoms with Crippen molar-refractivity contribution in [3.8, 4) is 5.82 Å². The minimum Gasteiger partial charge on any atom is -0.453 e. The number of anilines is 3. The number of allylic oxidation sites excluding steroid dienone is 1. The SMILES string of the molecule is C=CCn1c(=O)c2cnc(Nc3ccc(N4CC5CC(CN(C(=O)OC)C5)C4)cc3)nc2n1-c1cccc(C(C)(C)O)n1. The molecule has 4 aromatic rings. The first-order chi connectivity index (χ1) is 20.6. The average molecular weight is 585 g/mol. The van der Waals surface area contributed by atoms with Crippen LogP contribution in [0.25, 0.3) is 16.9 Å². The number of benzene rings is 1. The van der Waals surface area contributed by atoms with Gasteiger partial charge in [-0.3, -0.25) is 4.79 Å². The van der Waals surface area contributed by atoms with Crippen LogP contribution in [0.15, 0.2) is 66.1 Å². The minimum absolute atomic E-state index is 0.243. The van der Waals surface area contributed by atoms with E-state index < -0.39 is 5.60 Å². The van der Waals surface area contributed by atoms with Gasteiger partial charge >= 0.3 is 6.09 Å². The van der Waals surface area contributed by atoms with Gasteiger partial charge in [-0.15, -0.1) is 6.58 Å². The maximum absolute atomic E-state index is 13.3. The second kappa shape index (κ2) is 11.2. The smallest absolute Gasteiger partial charge is 0.409 e. The molecule has 224 valence electrons. The van der Waals surface area contributed by atoms with E-state index in [1.807, 2.05) is 17.0 Å². The number of methoxy groups -OCH3 is 1. The number of hydrogen-bond donors (Lipinski definition) is 2. The molecule has 2 aliphatic heterocycles. The maximum atomic E-state index is 13.3. The Hall–Kier alpha value is -4.71. The quantitative estimate of drug-likeness (QED) is 0.313. The Morgan fingerprint density at radius 3 is 2.49 bits per heavy atom. The van der Waals surface area contributed by atoms with Gasteiger partial charge in [0.25, 0.3) is 5.56 Å². The predicted octanol–water partition coefficient (Wildman–Crippen LogP) is 3.66. The minimum atomic E-state index is -1.16. The van der Waals surface area contributed by atoms with Crippen molar-refractivity contribution in [2.75, 3.05) is 43.5 Å². The van der Waals surface area contributed by atoms with E-state index in [1.165, 1.54) is 18.0 Å². The van der Waals surface area contributed by atoms with Crippen LogP contribution in [-0.2, 0) is 16.9 Å². The summed E-state index contributed by atoms with van der Waals surface area (Å²) >= 11 is 0. The molecular formula is C31H36N8O4. The van der Waals surface area contributed by atoms with Crippen molar-refractivity contribution in [1.29, 1.82) is 0 Å². The lowest BCUT2D eigenvalue weighted by molar-refractivity contribution is 0.0737. The molecule has 2 N–H and O–H groups in total. The molecule has 0 aliphatic carbocycles. The lowest BCUT2D eigenvalue weighted by Gasteiger charge is -2.46. The second-order valence-corrected chi connectivity index (χ2v) is 11.8. The molecule has 2 atom stereocenters. The van der Waals surface area contributed by atoms with E-state index >= 15 is 0 Å². The Labute approximate surface area is 249 Å². The van der Waals surface area contributed by atoms with Gasteiger partial charge in [0.05, 0.1) is 19.3 Å². The summed E-state index contributed by atoms with van der Waals surface area (Å²) in [7, 11) is 1.43. The van der Waals surface area contributed by atoms with Gasteiger partial charge in [0.15, 0.2) is 11.5 Å². The highest BCUT2D eigenvalue weighted by Gasteiger charge is 2.36. The summed E-state index contributed by atoms with van der Waals surface area (Å²) in [6.07, 6.45) is 4.03. The van der Waals surface area contributed by atoms with Crippen LogP contribution in [0.5, 0.6) is 0 Å². The maximum Gasteiger partial charge on any atom is 0.409 e. The number of pyridine rings is 1. The predicted molar refractivity (Wildman–Crippen MR) is 164 cm³/mol. The Bertz CT molecular complexity index is 1710. The van der Waals surface area contributed by atoms with Crippen molar-refractivity contribution in [3.05, 3.63) is 77.4 Å². The highest BCUT2D eigenvalue weighted by atomic mass is 16.5. The first-order valence-electron chi connectivity index (χ1n) is 14.4. The summed E-state index contributed by atoms with van der Waals surface area (Å²) in [5.74, 6) is 1.60. The number of amides is 1. The molecule has 2 aliphatic rings. The van der Waals surface area contributed by atoms with Crippen molar-refractivity contribution in [3.63, 3.8) is 0 Å². The van der Waals surface area contributed by atoms with Gasteiger partial charge in [0, 0.05) is 43.8 Å². The fraction of sp³-hybridized carbons (Fsp3) is 0.387. The van der Waals surface area contributed by atoms with E-state index in [4.69, 9.17) is 9.72 Å². The molecule has 2 saturated heterocycles. The van der Waals surface area contributed by atoms with Crippen LogP contribution in [0.3, 0.4) is 0 Å². The normalized spacial score (nSPS) is 18.5. The van der Waals surface area contributed by atoms with E-state index in [1.54, 1.807) is 42.8 Å². The molecule has 2 bridgehead atoms. The third-order valence-corrected chi connectivity index (χ3v) is 8.06. The van der Waals surface area contributed by atoms with E-state index in [9.17, 15) is 14.7 Å². The molecular weight excluding hydrogens is 548 g/mol. The molecule has 6 rings (SSSR count). The van der Waals surface area contributed by atoms with Crippen LogP contribution in [-0.4, -0.2) is 73.7 Å². The molecule has 1 aromatic carbocycles. The zero-order valence-electron chi connectivity index (χ0n) is 24.6. The summed E-state index contributed by atoms with van der Waals surface area (Å²) in [5, 5.41) is 14.1. The Kier molecular flexibility index (Phi) is 7.38. The number of rotatable bonds is 7. The van der Waals surface area contributed by atoms with E-state index in [-0.39, 0.29) is 18.2 Å². The van der Waals surface area contributed by atoms with Crippen LogP contribution in [0, 0.1) is 11.8 Å². The summed E-state index contributed by atoms with van der Waals surface area (Å²) in [6.45, 7) is 10.6. The number of hydrogen-bond acceptors (Lipinski definition) is 9. The summed E-state index contributed by atoms with van der Waals surface area (Å²) in [5.41, 5.74) is 1.36. The van der Waals surface area contributed by atoms with E-state index in [0.29, 0.717) is 40.3 Å². The van der Waals surface area contributed by atoms with Crippen LogP contribution < -0.4 is 15.8 Å². The number of carbonyl (C=O) groups is 1. The zero-order valence-corrected chi connectivity index (χ0v) is 24.6. The number of fused-ring (bicyclic) bond motifs is 3. The molecule has 0 saturated carbocycles. The lowest BCUT2D eigenvalue weighted by atomic mass is 9.84. The van der Waals surface area contributed by atoms with Crippen molar-refractivity contribution in [1.82, 2.24) is 29.2 Å². The summed E-state index contributed by atoms with van der Waals surface area (Å²) in [4.78, 5) is 43.3. The van der Waals surface area contributed by atoms with Crippen molar-refractivity contribution < 1.29 is 14.6 Å². The van der Waals surface area contributed by atoms with Gasteiger partial charge in [-0.25, -0.2) is 24.1 Å². The fourth-order valence-corrected chi connectivity index (χ4v) is 6.15. The Morgan fingerprint density at radius 2 is 1.84 bits per heavy atom. The number of nitrogens with one attached hydrogen (secondary N) is 1. The van der Waals surface area contributed by atoms with Crippen molar-refractivity contribution >= 4 is 34.4 Å². The summed E-state index contributed by atoms with van der Waals surface area (Å²) < 4.78 is 8.08. The van der Waals surface area contributed by atoms with Crippen molar-refractivity contribution in [2.24, 2.45) is 11.8 Å². The largest absolute Gasteiger partial charge is 0.453 e. The van der Waals surface area contributed by atoms with Gasteiger partial charge in [-0.05, 0) is 68.5 Å². The number of ether oxygens (including phenoxy) is 1. The van der Waals surface area contributed by atoms with Crippen LogP contribution in [0.4, 0.5) is 22.1 Å². The second-order valence-electron chi connectivity index (χ2n) is 11.8. The van der Waals surface area contributed by atoms with Crippen molar-refractivity contribution in [2.45, 2.75) is 32.4 Å². The molecule has 2 fully saturated rings. The zero-order chi connectivity index (χ0) is 30.3. The molecule has 3 aromatic heterocycles. The molecule has 0 spiro atoms. The lowest BCUT2D eigenvalue weighted by Crippen LogP contribution is -2.54. The molecule has 12 nitrogen and oxygen atoms in total. The van der Waals surface area contributed by atoms with Crippen LogP contribution in [0.2, 0.25) is 0 Å². The topological polar surface area (TPSA) is 131 Å². The molecule has 5 heterocycles. The van der Waals surface area contributed by atoms with Gasteiger partial charge in [0.2, 0.25) is 5.95 Å². The van der Waals surface area contributed by atoms with E-state index in [0.717, 1.165) is 44.0 Å². The number of aromatic nitrogens is 5. The van der Waals surface area contributed by atoms with Gasteiger partial charge in [0.1, 0.15) is 11.0 Å². The molecule has 12 heteroatoms. The van der Waals surface area contributed by atoms with Gasteiger partial charge < -0.3 is 25.0 Å². The third-order valence-electron chi connectivity index (χ3n) is 8.06. The Morgan fingerprint density at radius 1 is 1.12 bits per heavy atom. The molecule has 43 heavy (non-hydrogen) atoms. The highest BCUT2D eigenvalue weighted by molar-refractivity contribution is 5.77. The van der Waals surface area contributed by atoms with Gasteiger partial charge in [-0.2, -0.15) is 4.98 Å². The first kappa shape index (κ1) is 28.4. The van der Waals surface area contributed by atoms with Gasteiger partial charge in [-0.1, -0.05) is 12.1 Å². The number of carbonyl (C=O) groups excluding carboxylic acids is 1. The average Bonchev–Trinajstić information content (AvgIpc) is 3.26. The highest BCUT2D eigenvalue weighted by Crippen LogP contribution is 2.32.